The van der Waals surface area contributed by atoms with Crippen LogP contribution >= 0.6 is 0 Å². The second kappa shape index (κ2) is 7.42. The summed E-state index contributed by atoms with van der Waals surface area (Å²) in [6.07, 6.45) is 9.88. The van der Waals surface area contributed by atoms with Crippen LogP contribution in [0.25, 0.3) is 0 Å². The summed E-state index contributed by atoms with van der Waals surface area (Å²) in [5, 5.41) is 3.24. The smallest absolute Gasteiger partial charge is 0.318 e. The van der Waals surface area contributed by atoms with Crippen LogP contribution in [0.4, 0.5) is 4.79 Å². The van der Waals surface area contributed by atoms with Gasteiger partial charge in [0.25, 0.3) is 0 Å². The van der Waals surface area contributed by atoms with Crippen LogP contribution in [-0.2, 0) is 0 Å². The lowest BCUT2D eigenvalue weighted by Crippen LogP contribution is -2.51. The van der Waals surface area contributed by atoms with Crippen molar-refractivity contribution in [3.05, 3.63) is 0 Å². The van der Waals surface area contributed by atoms with E-state index in [1.54, 1.807) is 0 Å². The molecule has 0 aromatic rings. The zero-order valence-electron chi connectivity index (χ0n) is 15.3. The molecule has 2 aliphatic heterocycles. The van der Waals surface area contributed by atoms with Gasteiger partial charge in [-0.1, -0.05) is 26.7 Å². The summed E-state index contributed by atoms with van der Waals surface area (Å²) < 4.78 is 0. The van der Waals surface area contributed by atoms with E-state index in [1.165, 1.54) is 38.5 Å². The Hall–Kier alpha value is -0.770. The number of urea groups is 1. The lowest BCUT2D eigenvalue weighted by atomic mass is 9.89. The molecule has 4 heteroatoms. The summed E-state index contributed by atoms with van der Waals surface area (Å²) >= 11 is 0. The van der Waals surface area contributed by atoms with Crippen molar-refractivity contribution in [3.8, 4) is 0 Å². The molecule has 3 atom stereocenters. The minimum Gasteiger partial charge on any atom is -0.333 e. The van der Waals surface area contributed by atoms with Gasteiger partial charge >= 0.3 is 6.03 Å². The summed E-state index contributed by atoms with van der Waals surface area (Å²) in [6, 6.07) is 2.28. The highest BCUT2D eigenvalue weighted by Crippen LogP contribution is 2.32. The molecule has 0 aromatic heterocycles. The molecule has 23 heavy (non-hydrogen) atoms. The van der Waals surface area contributed by atoms with E-state index in [9.17, 15) is 4.79 Å². The topological polar surface area (TPSA) is 35.6 Å². The van der Waals surface area contributed by atoms with E-state index in [0.717, 1.165) is 31.8 Å². The Bertz CT molecular complexity index is 403. The number of piperidine rings is 1. The van der Waals surface area contributed by atoms with Crippen molar-refractivity contribution < 1.29 is 4.79 Å². The molecule has 2 amide bonds. The summed E-state index contributed by atoms with van der Waals surface area (Å²) in [4.78, 5) is 17.3. The first-order valence-electron chi connectivity index (χ1n) is 9.89. The first kappa shape index (κ1) is 17.1. The molecule has 4 nitrogen and oxygen atoms in total. The van der Waals surface area contributed by atoms with Crippen LogP contribution in [0.15, 0.2) is 0 Å². The summed E-state index contributed by atoms with van der Waals surface area (Å²) in [5.74, 6) is 0.798. The number of carbonyl (C=O) groups excluding carboxylic acids is 1. The van der Waals surface area contributed by atoms with E-state index in [2.05, 4.69) is 35.9 Å². The fourth-order valence-corrected chi connectivity index (χ4v) is 4.79. The number of carbonyl (C=O) groups is 1. The Morgan fingerprint density at radius 1 is 1.04 bits per heavy atom. The second-order valence-corrected chi connectivity index (χ2v) is 8.40. The maximum atomic E-state index is 12.4. The number of amides is 2. The predicted molar refractivity (Wildman–Crippen MR) is 94.5 cm³/mol. The van der Waals surface area contributed by atoms with Gasteiger partial charge in [0.1, 0.15) is 0 Å². The van der Waals surface area contributed by atoms with Crippen molar-refractivity contribution in [3.63, 3.8) is 0 Å². The van der Waals surface area contributed by atoms with Gasteiger partial charge in [-0.2, -0.15) is 0 Å². The zero-order chi connectivity index (χ0) is 16.4. The minimum absolute atomic E-state index is 0.216. The molecule has 0 bridgehead atoms. The van der Waals surface area contributed by atoms with Gasteiger partial charge in [-0.05, 0) is 51.4 Å². The van der Waals surface area contributed by atoms with Crippen molar-refractivity contribution in [1.82, 2.24) is 15.1 Å². The van der Waals surface area contributed by atoms with Crippen LogP contribution in [0.5, 0.6) is 0 Å². The molecule has 1 saturated carbocycles. The third-order valence-corrected chi connectivity index (χ3v) is 6.31. The molecule has 3 fully saturated rings. The van der Waals surface area contributed by atoms with Crippen molar-refractivity contribution >= 4 is 6.03 Å². The minimum atomic E-state index is 0.216. The van der Waals surface area contributed by atoms with Crippen molar-refractivity contribution in [2.75, 3.05) is 13.1 Å². The lowest BCUT2D eigenvalue weighted by molar-refractivity contribution is 0.0821. The van der Waals surface area contributed by atoms with E-state index in [0.29, 0.717) is 24.2 Å². The maximum Gasteiger partial charge on any atom is 0.318 e. The normalized spacial score (nSPS) is 31.3. The highest BCUT2D eigenvalue weighted by atomic mass is 16.2. The quantitative estimate of drug-likeness (QED) is 0.839. The van der Waals surface area contributed by atoms with E-state index in [1.807, 2.05) is 0 Å². The van der Waals surface area contributed by atoms with Gasteiger partial charge in [-0.15, -0.1) is 0 Å². The first-order valence-corrected chi connectivity index (χ1v) is 9.89. The summed E-state index contributed by atoms with van der Waals surface area (Å²) in [7, 11) is 0. The average Bonchev–Trinajstić information content (AvgIpc) is 2.88. The first-order chi connectivity index (χ1) is 11.1. The number of hydrogen-bond donors (Lipinski definition) is 1. The van der Waals surface area contributed by atoms with Crippen LogP contribution < -0.4 is 5.32 Å². The van der Waals surface area contributed by atoms with E-state index >= 15 is 0 Å². The summed E-state index contributed by atoms with van der Waals surface area (Å²) in [6.45, 7) is 9.32. The molecule has 0 radical (unpaired) electrons. The Labute approximate surface area is 142 Å². The van der Waals surface area contributed by atoms with Crippen molar-refractivity contribution in [2.24, 2.45) is 5.92 Å². The number of rotatable bonds is 5. The largest absolute Gasteiger partial charge is 0.333 e. The molecular formula is C19H35N3O. The lowest BCUT2D eigenvalue weighted by Gasteiger charge is -2.42. The molecule has 3 aliphatic rings. The third kappa shape index (κ3) is 3.84. The predicted octanol–water partition coefficient (Wildman–Crippen LogP) is 3.61. The Morgan fingerprint density at radius 2 is 1.74 bits per heavy atom. The van der Waals surface area contributed by atoms with Crippen molar-refractivity contribution in [2.45, 2.75) is 96.3 Å². The molecule has 0 spiro atoms. The van der Waals surface area contributed by atoms with E-state index in [4.69, 9.17) is 0 Å². The molecule has 1 N–H and O–H groups in total. The molecule has 1 unspecified atom stereocenters. The van der Waals surface area contributed by atoms with Crippen LogP contribution in [0.1, 0.15) is 72.1 Å². The van der Waals surface area contributed by atoms with E-state index in [-0.39, 0.29) is 6.03 Å². The van der Waals surface area contributed by atoms with Gasteiger partial charge in [0.15, 0.2) is 0 Å². The maximum absolute atomic E-state index is 12.4. The molecule has 1 aliphatic carbocycles. The Morgan fingerprint density at radius 3 is 2.43 bits per heavy atom. The van der Waals surface area contributed by atoms with Crippen LogP contribution in [0, 0.1) is 5.92 Å². The number of fused-ring (bicyclic) bond motifs is 1. The number of nitrogens with zero attached hydrogens (tertiary/aromatic N) is 2. The molecule has 2 saturated heterocycles. The van der Waals surface area contributed by atoms with Crippen LogP contribution in [-0.4, -0.2) is 53.1 Å². The van der Waals surface area contributed by atoms with Crippen LogP contribution in [0.3, 0.4) is 0 Å². The van der Waals surface area contributed by atoms with Gasteiger partial charge in [0, 0.05) is 25.2 Å². The molecule has 0 aromatic carbocycles. The van der Waals surface area contributed by atoms with Crippen LogP contribution in [0.2, 0.25) is 0 Å². The number of hydrogen-bond acceptors (Lipinski definition) is 2. The molecule has 2 heterocycles. The van der Waals surface area contributed by atoms with Gasteiger partial charge in [-0.3, -0.25) is 0 Å². The van der Waals surface area contributed by atoms with Gasteiger partial charge in [0.2, 0.25) is 0 Å². The molecule has 3 rings (SSSR count). The van der Waals surface area contributed by atoms with Gasteiger partial charge in [-0.25, -0.2) is 4.79 Å². The fraction of sp³-hybridized carbons (Fsp3) is 0.947. The number of likely N-dealkylation sites (tertiary alicyclic amines) is 1. The standard InChI is InChI=1S/C19H35N3O/c1-14(2)8-9-15(3)21-12-10-16(11-13-21)22-18-7-5-4-6-17(18)20-19(22)23/h14-18H,4-13H2,1-3H3,(H,20,23)/t15?,17-,18+/m0/s1. The van der Waals surface area contributed by atoms with Crippen molar-refractivity contribution in [1.29, 1.82) is 0 Å². The van der Waals surface area contributed by atoms with Gasteiger partial charge < -0.3 is 15.1 Å². The third-order valence-electron chi connectivity index (χ3n) is 6.31. The monoisotopic (exact) mass is 321 g/mol. The Kier molecular flexibility index (Phi) is 5.50. The number of nitrogens with one attached hydrogen (secondary N) is 1. The SMILES string of the molecule is CC(C)CCC(C)N1CCC(N2C(=O)N[C@H]3CCCC[C@H]32)CC1. The highest BCUT2D eigenvalue weighted by molar-refractivity contribution is 5.78. The summed E-state index contributed by atoms with van der Waals surface area (Å²) in [5.41, 5.74) is 0. The molecular weight excluding hydrogens is 286 g/mol. The fourth-order valence-electron chi connectivity index (χ4n) is 4.79. The second-order valence-electron chi connectivity index (χ2n) is 8.40. The van der Waals surface area contributed by atoms with Gasteiger partial charge in [0.05, 0.1) is 12.1 Å². The zero-order valence-corrected chi connectivity index (χ0v) is 15.3. The Balaban J connectivity index is 1.51. The van der Waals surface area contributed by atoms with E-state index < -0.39 is 0 Å². The highest BCUT2D eigenvalue weighted by Gasteiger charge is 2.44. The molecule has 132 valence electrons. The average molecular weight is 322 g/mol.